The van der Waals surface area contributed by atoms with E-state index in [0.29, 0.717) is 11.1 Å². The van der Waals surface area contributed by atoms with Gasteiger partial charge in [0.05, 0.1) is 12.6 Å². The molecule has 0 aliphatic heterocycles. The summed E-state index contributed by atoms with van der Waals surface area (Å²) in [6.07, 6.45) is 0.787. The Labute approximate surface area is 158 Å². The van der Waals surface area contributed by atoms with Crippen molar-refractivity contribution in [1.29, 1.82) is 0 Å². The van der Waals surface area contributed by atoms with Crippen molar-refractivity contribution in [2.75, 3.05) is 11.9 Å². The second-order valence-corrected chi connectivity index (χ2v) is 8.82. The normalized spacial score (nSPS) is 14.2. The first-order chi connectivity index (χ1) is 11.8. The molecule has 0 saturated heterocycles. The Morgan fingerprint density at radius 1 is 1.16 bits per heavy atom. The molecule has 1 unspecified atom stereocenters. The Kier molecular flexibility index (Phi) is 7.04. The van der Waals surface area contributed by atoms with Crippen LogP contribution in [0.4, 0.5) is 5.95 Å². The number of rotatable bonds is 7. The minimum Gasteiger partial charge on any atom is -0.394 e. The van der Waals surface area contributed by atoms with Crippen LogP contribution in [-0.4, -0.2) is 32.7 Å². The second-order valence-electron chi connectivity index (χ2n) is 7.17. The average Bonchev–Trinajstić information content (AvgIpc) is 2.53. The molecule has 2 atom stereocenters. The molecular formula is C18H25ClN4OS. The van der Waals surface area contributed by atoms with Crippen LogP contribution in [0.25, 0.3) is 0 Å². The number of aliphatic hydroxyl groups excluding tert-OH is 1. The van der Waals surface area contributed by atoms with Crippen molar-refractivity contribution in [2.45, 2.75) is 50.6 Å². The summed E-state index contributed by atoms with van der Waals surface area (Å²) in [4.78, 5) is 12.8. The summed E-state index contributed by atoms with van der Waals surface area (Å²) in [5, 5.41) is 13.7. The van der Waals surface area contributed by atoms with Crippen LogP contribution in [0.2, 0.25) is 5.28 Å². The van der Waals surface area contributed by atoms with E-state index in [1.54, 1.807) is 0 Å². The second kappa shape index (κ2) is 8.83. The molecule has 1 heterocycles. The topological polar surface area (TPSA) is 70.9 Å². The molecule has 0 bridgehead atoms. The fraction of sp³-hybridized carbons (Fsp3) is 0.500. The van der Waals surface area contributed by atoms with Gasteiger partial charge in [-0.05, 0) is 35.9 Å². The molecule has 25 heavy (non-hydrogen) atoms. The first-order valence-corrected chi connectivity index (χ1v) is 9.53. The van der Waals surface area contributed by atoms with E-state index >= 15 is 0 Å². The standard InChI is InChI=1S/C18H25ClN4OS/c1-12(13-8-6-5-7-9-13)25-17-22-15(19)21-16(23-17)20-14(11-24)10-18(2,3)4/h5-9,12,14,24H,10-11H2,1-4H3,(H,20,21,22,23)/t12?,14-/m1/s1. The van der Waals surface area contributed by atoms with Gasteiger partial charge in [0.25, 0.3) is 0 Å². The largest absolute Gasteiger partial charge is 0.394 e. The molecule has 2 aromatic rings. The number of thioether (sulfide) groups is 1. The maximum Gasteiger partial charge on any atom is 0.228 e. The summed E-state index contributed by atoms with van der Waals surface area (Å²) in [6.45, 7) is 8.48. The molecule has 0 saturated carbocycles. The zero-order valence-corrected chi connectivity index (χ0v) is 16.6. The summed E-state index contributed by atoms with van der Waals surface area (Å²) >= 11 is 7.58. The van der Waals surface area contributed by atoms with Crippen LogP contribution in [0.3, 0.4) is 0 Å². The number of hydrogen-bond acceptors (Lipinski definition) is 6. The zero-order chi connectivity index (χ0) is 18.4. The van der Waals surface area contributed by atoms with Gasteiger partial charge in [0.15, 0.2) is 5.16 Å². The quantitative estimate of drug-likeness (QED) is 0.684. The highest BCUT2D eigenvalue weighted by Crippen LogP contribution is 2.33. The van der Waals surface area contributed by atoms with Gasteiger partial charge in [-0.3, -0.25) is 0 Å². The first kappa shape index (κ1) is 19.9. The highest BCUT2D eigenvalue weighted by atomic mass is 35.5. The van der Waals surface area contributed by atoms with Crippen molar-refractivity contribution in [2.24, 2.45) is 5.41 Å². The number of benzene rings is 1. The van der Waals surface area contributed by atoms with Crippen LogP contribution in [0.5, 0.6) is 0 Å². The lowest BCUT2D eigenvalue weighted by Crippen LogP contribution is -2.30. The number of nitrogens with one attached hydrogen (secondary N) is 1. The highest BCUT2D eigenvalue weighted by molar-refractivity contribution is 7.99. The molecule has 2 N–H and O–H groups in total. The smallest absolute Gasteiger partial charge is 0.228 e. The molecule has 0 aliphatic rings. The highest BCUT2D eigenvalue weighted by Gasteiger charge is 2.20. The van der Waals surface area contributed by atoms with Crippen molar-refractivity contribution in [3.63, 3.8) is 0 Å². The average molecular weight is 381 g/mol. The lowest BCUT2D eigenvalue weighted by Gasteiger charge is -2.25. The number of anilines is 1. The summed E-state index contributed by atoms with van der Waals surface area (Å²) in [6, 6.07) is 10.0. The summed E-state index contributed by atoms with van der Waals surface area (Å²) < 4.78 is 0. The Morgan fingerprint density at radius 2 is 1.84 bits per heavy atom. The number of aliphatic hydroxyl groups is 1. The van der Waals surface area contributed by atoms with Gasteiger partial charge < -0.3 is 10.4 Å². The van der Waals surface area contributed by atoms with Crippen molar-refractivity contribution < 1.29 is 5.11 Å². The molecule has 0 aliphatic carbocycles. The predicted octanol–water partition coefficient (Wildman–Crippen LogP) is 4.59. The van der Waals surface area contributed by atoms with Crippen LogP contribution in [0.1, 0.15) is 44.9 Å². The maximum absolute atomic E-state index is 9.61. The van der Waals surface area contributed by atoms with Gasteiger partial charge in [0, 0.05) is 5.25 Å². The minimum atomic E-state index is -0.136. The lowest BCUT2D eigenvalue weighted by molar-refractivity contribution is 0.233. The summed E-state index contributed by atoms with van der Waals surface area (Å²) in [5.41, 5.74) is 1.27. The van der Waals surface area contributed by atoms with E-state index in [1.807, 2.05) is 18.2 Å². The Bertz CT molecular complexity index is 679. The van der Waals surface area contributed by atoms with Crippen LogP contribution >= 0.6 is 23.4 Å². The van der Waals surface area contributed by atoms with Gasteiger partial charge in [-0.15, -0.1) is 0 Å². The van der Waals surface area contributed by atoms with E-state index in [9.17, 15) is 5.11 Å². The molecule has 7 heteroatoms. The van der Waals surface area contributed by atoms with Gasteiger partial charge in [0.1, 0.15) is 0 Å². The van der Waals surface area contributed by atoms with Gasteiger partial charge in [-0.2, -0.15) is 15.0 Å². The molecule has 0 radical (unpaired) electrons. The van der Waals surface area contributed by atoms with E-state index in [4.69, 9.17) is 11.6 Å². The lowest BCUT2D eigenvalue weighted by atomic mass is 9.88. The van der Waals surface area contributed by atoms with E-state index < -0.39 is 0 Å². The first-order valence-electron chi connectivity index (χ1n) is 8.27. The number of hydrogen-bond donors (Lipinski definition) is 2. The predicted molar refractivity (Wildman–Crippen MR) is 104 cm³/mol. The molecule has 1 aromatic carbocycles. The minimum absolute atomic E-state index is 0.00344. The third kappa shape index (κ3) is 6.80. The van der Waals surface area contributed by atoms with Crippen molar-refractivity contribution in [3.05, 3.63) is 41.2 Å². The van der Waals surface area contributed by atoms with Crippen LogP contribution in [0.15, 0.2) is 35.5 Å². The Balaban J connectivity index is 2.11. The molecule has 2 rings (SSSR count). The fourth-order valence-corrected chi connectivity index (χ4v) is 3.58. The number of nitrogens with zero attached hydrogens (tertiary/aromatic N) is 3. The SMILES string of the molecule is CC(Sc1nc(Cl)nc(N[C@@H](CO)CC(C)(C)C)n1)c1ccccc1. The molecule has 0 fully saturated rings. The molecule has 5 nitrogen and oxygen atoms in total. The molecule has 1 aromatic heterocycles. The fourth-order valence-electron chi connectivity index (χ4n) is 2.48. The van der Waals surface area contributed by atoms with Gasteiger partial charge in [-0.25, -0.2) is 0 Å². The summed E-state index contributed by atoms with van der Waals surface area (Å²) in [7, 11) is 0. The van der Waals surface area contributed by atoms with E-state index in [0.717, 1.165) is 6.42 Å². The summed E-state index contributed by atoms with van der Waals surface area (Å²) in [5.74, 6) is 0.395. The molecule has 0 spiro atoms. The van der Waals surface area contributed by atoms with Crippen LogP contribution in [0, 0.1) is 5.41 Å². The van der Waals surface area contributed by atoms with Crippen LogP contribution in [-0.2, 0) is 0 Å². The maximum atomic E-state index is 9.61. The molecule has 0 amide bonds. The number of aromatic nitrogens is 3. The molecule has 136 valence electrons. The van der Waals surface area contributed by atoms with Gasteiger partial charge >= 0.3 is 0 Å². The van der Waals surface area contributed by atoms with Crippen LogP contribution < -0.4 is 5.32 Å². The van der Waals surface area contributed by atoms with Gasteiger partial charge in [-0.1, -0.05) is 62.9 Å². The monoisotopic (exact) mass is 380 g/mol. The Hall–Kier alpha value is -1.37. The van der Waals surface area contributed by atoms with E-state index in [-0.39, 0.29) is 28.6 Å². The zero-order valence-electron chi connectivity index (χ0n) is 15.0. The number of halogens is 1. The third-order valence-electron chi connectivity index (χ3n) is 3.55. The molecular weight excluding hydrogens is 356 g/mol. The van der Waals surface area contributed by atoms with E-state index in [2.05, 4.69) is 60.1 Å². The third-order valence-corrected chi connectivity index (χ3v) is 4.74. The Morgan fingerprint density at radius 3 is 2.44 bits per heavy atom. The van der Waals surface area contributed by atoms with E-state index in [1.165, 1.54) is 17.3 Å². The van der Waals surface area contributed by atoms with Crippen molar-refractivity contribution in [3.8, 4) is 0 Å². The van der Waals surface area contributed by atoms with Gasteiger partial charge in [0.2, 0.25) is 11.2 Å². The van der Waals surface area contributed by atoms with Crippen molar-refractivity contribution >= 4 is 29.3 Å². The van der Waals surface area contributed by atoms with Crippen molar-refractivity contribution in [1.82, 2.24) is 15.0 Å².